The van der Waals surface area contributed by atoms with Gasteiger partial charge >= 0.3 is 0 Å². The number of sulfonamides is 1. The first-order valence-corrected chi connectivity index (χ1v) is 9.97. The molecule has 3 rings (SSSR count). The average molecular weight is 353 g/mol. The summed E-state index contributed by atoms with van der Waals surface area (Å²) in [5.74, 6) is 0. The maximum Gasteiger partial charge on any atom is 0.243 e. The Morgan fingerprint density at radius 2 is 1.88 bits per heavy atom. The number of hydrogen-bond donors (Lipinski definition) is 0. The Bertz CT molecular complexity index is 657. The summed E-state index contributed by atoms with van der Waals surface area (Å²) in [4.78, 5) is 5.04. The van der Waals surface area contributed by atoms with Crippen LogP contribution in [0.4, 0.5) is 0 Å². The fourth-order valence-electron chi connectivity index (χ4n) is 3.43. The summed E-state index contributed by atoms with van der Waals surface area (Å²) in [6.07, 6.45) is 1.13. The molecule has 0 radical (unpaired) electrons. The van der Waals surface area contributed by atoms with Gasteiger partial charge in [-0.15, -0.1) is 0 Å². The second-order valence-corrected chi connectivity index (χ2v) is 8.67. The lowest BCUT2D eigenvalue weighted by molar-refractivity contribution is 0.0730. The minimum absolute atomic E-state index is 0.434. The molecule has 0 amide bonds. The van der Waals surface area contributed by atoms with Gasteiger partial charge in [0.05, 0.1) is 18.1 Å². The zero-order chi connectivity index (χ0) is 17.2. The van der Waals surface area contributed by atoms with Gasteiger partial charge in [-0.25, -0.2) is 8.42 Å². The predicted octanol–water partition coefficient (Wildman–Crippen LogP) is 0.843. The van der Waals surface area contributed by atoms with Gasteiger partial charge < -0.3 is 9.64 Å². The first-order valence-electron chi connectivity index (χ1n) is 8.53. The molecule has 1 unspecified atom stereocenters. The molecule has 6 nitrogen and oxygen atoms in total. The Balaban J connectivity index is 1.78. The zero-order valence-electron chi connectivity index (χ0n) is 14.5. The summed E-state index contributed by atoms with van der Waals surface area (Å²) in [5, 5.41) is 0. The van der Waals surface area contributed by atoms with Gasteiger partial charge in [0, 0.05) is 38.8 Å². The smallest absolute Gasteiger partial charge is 0.243 e. The Kier molecular flexibility index (Phi) is 5.56. The fraction of sp³-hybridized carbons (Fsp3) is 0.647. The molecule has 0 bridgehead atoms. The third-order valence-electron chi connectivity index (χ3n) is 4.93. The molecule has 0 aromatic heterocycles. The van der Waals surface area contributed by atoms with Gasteiger partial charge in [-0.05, 0) is 32.1 Å². The molecular weight excluding hydrogens is 326 g/mol. The third kappa shape index (κ3) is 3.81. The first-order chi connectivity index (χ1) is 11.5. The number of hydrogen-bond acceptors (Lipinski definition) is 5. The number of benzene rings is 1. The summed E-state index contributed by atoms with van der Waals surface area (Å²) in [5.41, 5.74) is 0.892. The lowest BCUT2D eigenvalue weighted by Crippen LogP contribution is -2.41. The molecule has 134 valence electrons. The molecule has 0 spiro atoms. The van der Waals surface area contributed by atoms with E-state index in [1.165, 1.54) is 0 Å². The average Bonchev–Trinajstić information content (AvgIpc) is 3.05. The third-order valence-corrected chi connectivity index (χ3v) is 6.93. The van der Waals surface area contributed by atoms with Crippen molar-refractivity contribution in [2.24, 2.45) is 0 Å². The van der Waals surface area contributed by atoms with Crippen molar-refractivity contribution in [2.75, 3.05) is 53.5 Å². The van der Waals surface area contributed by atoms with E-state index in [1.54, 1.807) is 10.4 Å². The monoisotopic (exact) mass is 353 g/mol. The molecule has 1 atom stereocenters. The lowest BCUT2D eigenvalue weighted by Gasteiger charge is -2.27. The minimum Gasteiger partial charge on any atom is -0.379 e. The van der Waals surface area contributed by atoms with Crippen molar-refractivity contribution in [1.29, 1.82) is 0 Å². The highest BCUT2D eigenvalue weighted by Crippen LogP contribution is 2.24. The van der Waals surface area contributed by atoms with Crippen LogP contribution in [0, 0.1) is 0 Å². The van der Waals surface area contributed by atoms with Crippen LogP contribution in [0.5, 0.6) is 0 Å². The molecule has 7 heteroatoms. The van der Waals surface area contributed by atoms with Crippen molar-refractivity contribution in [3.63, 3.8) is 0 Å². The molecule has 2 heterocycles. The molecule has 1 aromatic rings. The second kappa shape index (κ2) is 7.49. The van der Waals surface area contributed by atoms with Crippen molar-refractivity contribution in [1.82, 2.24) is 14.1 Å². The Hall–Kier alpha value is -0.990. The highest BCUT2D eigenvalue weighted by molar-refractivity contribution is 7.89. The van der Waals surface area contributed by atoms with Crippen LogP contribution in [0.25, 0.3) is 0 Å². The van der Waals surface area contributed by atoms with Gasteiger partial charge in [-0.1, -0.05) is 18.2 Å². The van der Waals surface area contributed by atoms with Crippen LogP contribution >= 0.6 is 0 Å². The Morgan fingerprint density at radius 1 is 1.17 bits per heavy atom. The highest BCUT2D eigenvalue weighted by atomic mass is 32.2. The van der Waals surface area contributed by atoms with Crippen LogP contribution < -0.4 is 0 Å². The van der Waals surface area contributed by atoms with E-state index in [2.05, 4.69) is 23.9 Å². The number of morpholine rings is 1. The quantitative estimate of drug-likeness (QED) is 0.785. The van der Waals surface area contributed by atoms with Crippen LogP contribution in [0.3, 0.4) is 0 Å². The van der Waals surface area contributed by atoms with E-state index in [9.17, 15) is 8.42 Å². The van der Waals surface area contributed by atoms with Crippen LogP contribution in [0.1, 0.15) is 12.0 Å². The molecule has 0 N–H and O–H groups in total. The first kappa shape index (κ1) is 17.8. The summed E-state index contributed by atoms with van der Waals surface area (Å²) in [7, 11) is 0.756. The van der Waals surface area contributed by atoms with E-state index < -0.39 is 10.0 Å². The molecule has 2 aliphatic heterocycles. The van der Waals surface area contributed by atoms with Crippen LogP contribution in [0.2, 0.25) is 0 Å². The summed E-state index contributed by atoms with van der Waals surface area (Å²) in [6.45, 7) is 4.49. The van der Waals surface area contributed by atoms with Crippen LogP contribution in [-0.4, -0.2) is 82.1 Å². The SMILES string of the molecule is CN(C)C1CCN(Cc2ccccc2S(=O)(=O)N2CCOCC2)C1. The largest absolute Gasteiger partial charge is 0.379 e. The molecule has 0 saturated carbocycles. The van der Waals surface area contributed by atoms with Crippen molar-refractivity contribution >= 4 is 10.0 Å². The molecule has 24 heavy (non-hydrogen) atoms. The summed E-state index contributed by atoms with van der Waals surface area (Å²) in [6, 6.07) is 7.96. The number of likely N-dealkylation sites (tertiary alicyclic amines) is 1. The van der Waals surface area contributed by atoms with E-state index in [0.717, 1.165) is 25.1 Å². The standard InChI is InChI=1S/C17H27N3O3S/c1-18(2)16-7-8-19(14-16)13-15-5-3-4-6-17(15)24(21,22)20-9-11-23-12-10-20/h3-6,16H,7-14H2,1-2H3. The molecule has 2 saturated heterocycles. The maximum absolute atomic E-state index is 13.0. The number of likely N-dealkylation sites (N-methyl/N-ethyl adjacent to an activating group) is 1. The number of nitrogens with zero attached hydrogens (tertiary/aromatic N) is 3. The van der Waals surface area contributed by atoms with Crippen LogP contribution in [0.15, 0.2) is 29.2 Å². The van der Waals surface area contributed by atoms with E-state index in [1.807, 2.05) is 18.2 Å². The van der Waals surface area contributed by atoms with Gasteiger partial charge in [0.1, 0.15) is 0 Å². The highest BCUT2D eigenvalue weighted by Gasteiger charge is 2.30. The van der Waals surface area contributed by atoms with E-state index in [4.69, 9.17) is 4.74 Å². The van der Waals surface area contributed by atoms with Gasteiger partial charge in [0.25, 0.3) is 0 Å². The van der Waals surface area contributed by atoms with Gasteiger partial charge in [0.15, 0.2) is 0 Å². The zero-order valence-corrected chi connectivity index (χ0v) is 15.3. The molecule has 2 fully saturated rings. The van der Waals surface area contributed by atoms with E-state index in [0.29, 0.717) is 43.8 Å². The summed E-state index contributed by atoms with van der Waals surface area (Å²) >= 11 is 0. The van der Waals surface area contributed by atoms with Crippen molar-refractivity contribution in [3.05, 3.63) is 29.8 Å². The van der Waals surface area contributed by atoms with Crippen molar-refractivity contribution in [3.8, 4) is 0 Å². The predicted molar refractivity (Wildman–Crippen MR) is 93.4 cm³/mol. The summed E-state index contributed by atoms with van der Waals surface area (Å²) < 4.78 is 32.8. The second-order valence-electron chi connectivity index (χ2n) is 6.77. The molecule has 1 aromatic carbocycles. The molecular formula is C17H27N3O3S. The number of ether oxygens (including phenoxy) is 1. The lowest BCUT2D eigenvalue weighted by atomic mass is 10.2. The van der Waals surface area contributed by atoms with Crippen molar-refractivity contribution in [2.45, 2.75) is 23.9 Å². The normalized spacial score (nSPS) is 23.9. The van der Waals surface area contributed by atoms with E-state index in [-0.39, 0.29) is 0 Å². The van der Waals surface area contributed by atoms with Gasteiger partial charge in [-0.3, -0.25) is 4.90 Å². The van der Waals surface area contributed by atoms with E-state index >= 15 is 0 Å². The maximum atomic E-state index is 13.0. The number of rotatable bonds is 5. The van der Waals surface area contributed by atoms with Crippen molar-refractivity contribution < 1.29 is 13.2 Å². The topological polar surface area (TPSA) is 53.1 Å². The fourth-order valence-corrected chi connectivity index (χ4v) is 5.05. The molecule has 2 aliphatic rings. The molecule has 0 aliphatic carbocycles. The Labute approximate surface area is 145 Å². The van der Waals surface area contributed by atoms with Crippen LogP contribution in [-0.2, 0) is 21.3 Å². The van der Waals surface area contributed by atoms with Gasteiger partial charge in [-0.2, -0.15) is 4.31 Å². The Morgan fingerprint density at radius 3 is 2.54 bits per heavy atom. The van der Waals surface area contributed by atoms with Gasteiger partial charge in [0.2, 0.25) is 10.0 Å². The minimum atomic E-state index is -3.45.